The van der Waals surface area contributed by atoms with E-state index < -0.39 is 0 Å². The first kappa shape index (κ1) is 11.4. The lowest BCUT2D eigenvalue weighted by atomic mass is 10.3. The van der Waals surface area contributed by atoms with Crippen LogP contribution in [0.1, 0.15) is 5.56 Å². The van der Waals surface area contributed by atoms with Gasteiger partial charge in [-0.3, -0.25) is 5.43 Å². The van der Waals surface area contributed by atoms with Crippen molar-refractivity contribution < 1.29 is 4.42 Å². The first-order valence-corrected chi connectivity index (χ1v) is 5.33. The van der Waals surface area contributed by atoms with Gasteiger partial charge in [-0.25, -0.2) is 4.98 Å². The van der Waals surface area contributed by atoms with Crippen LogP contribution < -0.4 is 5.43 Å². The summed E-state index contributed by atoms with van der Waals surface area (Å²) in [5, 5.41) is 4.40. The topological polar surface area (TPSA) is 50.4 Å². The Kier molecular flexibility index (Phi) is 3.94. The molecule has 0 aliphatic heterocycles. The smallest absolute Gasteiger partial charge is 0.147 e. The largest absolute Gasteiger partial charge is 0.472 e. The molecule has 0 radical (unpaired) electrons. The minimum absolute atomic E-state index is 0.430. The van der Waals surface area contributed by atoms with Crippen LogP contribution in [0.25, 0.3) is 6.08 Å². The highest BCUT2D eigenvalue weighted by Crippen LogP contribution is 2.08. The number of aromatic nitrogens is 1. The molecule has 17 heavy (non-hydrogen) atoms. The molecule has 2 heterocycles. The molecule has 0 fully saturated rings. The van der Waals surface area contributed by atoms with Crippen LogP contribution in [0, 0.1) is 0 Å². The minimum atomic E-state index is 0.430. The van der Waals surface area contributed by atoms with Crippen LogP contribution in [0.3, 0.4) is 0 Å². The van der Waals surface area contributed by atoms with Gasteiger partial charge in [-0.05, 0) is 24.3 Å². The first-order valence-electron chi connectivity index (χ1n) is 4.95. The van der Waals surface area contributed by atoms with Gasteiger partial charge in [0.15, 0.2) is 0 Å². The number of rotatable bonds is 4. The SMILES string of the molecule is Clc1cccc(N/N=C\C=C\c2ccoc2)n1. The van der Waals surface area contributed by atoms with Crippen molar-refractivity contribution in [2.45, 2.75) is 0 Å². The molecule has 0 saturated carbocycles. The van der Waals surface area contributed by atoms with Gasteiger partial charge >= 0.3 is 0 Å². The number of nitrogens with one attached hydrogen (secondary N) is 1. The van der Waals surface area contributed by atoms with Crippen LogP contribution in [0.4, 0.5) is 5.82 Å². The lowest BCUT2D eigenvalue weighted by Gasteiger charge is -1.97. The van der Waals surface area contributed by atoms with Crippen molar-refractivity contribution in [3.05, 3.63) is 53.6 Å². The van der Waals surface area contributed by atoms with E-state index in [1.165, 1.54) is 0 Å². The lowest BCUT2D eigenvalue weighted by Crippen LogP contribution is -1.91. The van der Waals surface area contributed by atoms with E-state index in [4.69, 9.17) is 16.0 Å². The van der Waals surface area contributed by atoms with E-state index in [0.29, 0.717) is 11.0 Å². The summed E-state index contributed by atoms with van der Waals surface area (Å²) in [6, 6.07) is 7.14. The molecule has 1 N–H and O–H groups in total. The normalized spacial score (nSPS) is 11.4. The predicted octanol–water partition coefficient (Wildman–Crippen LogP) is 3.44. The molecule has 0 amide bonds. The molecule has 2 rings (SSSR count). The number of nitrogens with zero attached hydrogens (tertiary/aromatic N) is 2. The Bertz CT molecular complexity index is 520. The van der Waals surface area contributed by atoms with Crippen molar-refractivity contribution in [3.63, 3.8) is 0 Å². The van der Waals surface area contributed by atoms with Gasteiger partial charge in [0.1, 0.15) is 11.0 Å². The highest BCUT2D eigenvalue weighted by molar-refractivity contribution is 6.29. The molecule has 0 saturated heterocycles. The summed E-state index contributed by atoms with van der Waals surface area (Å²) in [7, 11) is 0. The average molecular weight is 248 g/mol. The Morgan fingerprint density at radius 3 is 3.06 bits per heavy atom. The second kappa shape index (κ2) is 5.86. The van der Waals surface area contributed by atoms with Gasteiger partial charge in [0.25, 0.3) is 0 Å². The highest BCUT2D eigenvalue weighted by atomic mass is 35.5. The van der Waals surface area contributed by atoms with E-state index in [-0.39, 0.29) is 0 Å². The summed E-state index contributed by atoms with van der Waals surface area (Å²) in [5.41, 5.74) is 3.75. The molecule has 0 spiro atoms. The van der Waals surface area contributed by atoms with E-state index in [0.717, 1.165) is 5.56 Å². The van der Waals surface area contributed by atoms with Crippen molar-refractivity contribution in [3.8, 4) is 0 Å². The first-order chi connectivity index (χ1) is 8.34. The van der Waals surface area contributed by atoms with E-state index >= 15 is 0 Å². The van der Waals surface area contributed by atoms with Crippen LogP contribution >= 0.6 is 11.6 Å². The predicted molar refractivity (Wildman–Crippen MR) is 69.1 cm³/mol. The Morgan fingerprint density at radius 2 is 2.29 bits per heavy atom. The Balaban J connectivity index is 1.86. The Hall–Kier alpha value is -2.07. The van der Waals surface area contributed by atoms with Crippen molar-refractivity contribution in [1.82, 2.24) is 4.98 Å². The fourth-order valence-corrected chi connectivity index (χ4v) is 1.30. The van der Waals surface area contributed by atoms with Crippen LogP contribution in [0.5, 0.6) is 0 Å². The zero-order valence-electron chi connectivity index (χ0n) is 8.88. The Morgan fingerprint density at radius 1 is 1.35 bits per heavy atom. The fraction of sp³-hybridized carbons (Fsp3) is 0. The number of allylic oxidation sites excluding steroid dienone is 1. The summed E-state index contributed by atoms with van der Waals surface area (Å²) in [5.74, 6) is 0.602. The Labute approximate surface area is 104 Å². The zero-order chi connectivity index (χ0) is 11.9. The maximum atomic E-state index is 5.73. The van der Waals surface area contributed by atoms with Crippen LogP contribution in [-0.4, -0.2) is 11.2 Å². The van der Waals surface area contributed by atoms with Gasteiger partial charge in [0.05, 0.1) is 12.5 Å². The van der Waals surface area contributed by atoms with Gasteiger partial charge in [0, 0.05) is 11.8 Å². The molecule has 2 aromatic rings. The molecule has 4 nitrogen and oxygen atoms in total. The number of furan rings is 1. The van der Waals surface area contributed by atoms with Crippen LogP contribution in [0.15, 0.2) is 52.4 Å². The molecule has 5 heteroatoms. The number of hydrazone groups is 1. The molecular formula is C12H10ClN3O. The number of halogens is 1. The maximum absolute atomic E-state index is 5.73. The third-order valence-corrected chi connectivity index (χ3v) is 2.10. The van der Waals surface area contributed by atoms with Crippen molar-refractivity contribution in [2.75, 3.05) is 5.43 Å². The van der Waals surface area contributed by atoms with Gasteiger partial charge in [-0.1, -0.05) is 23.7 Å². The molecular weight excluding hydrogens is 238 g/mol. The van der Waals surface area contributed by atoms with Gasteiger partial charge in [-0.15, -0.1) is 0 Å². The van der Waals surface area contributed by atoms with Crippen molar-refractivity contribution >= 4 is 29.7 Å². The van der Waals surface area contributed by atoms with Crippen LogP contribution in [-0.2, 0) is 0 Å². The van der Waals surface area contributed by atoms with E-state index in [1.807, 2.05) is 12.1 Å². The quantitative estimate of drug-likeness (QED) is 0.512. The number of hydrogen-bond donors (Lipinski definition) is 1. The van der Waals surface area contributed by atoms with Crippen molar-refractivity contribution in [1.29, 1.82) is 0 Å². The lowest BCUT2D eigenvalue weighted by molar-refractivity contribution is 0.567. The third kappa shape index (κ3) is 3.77. The molecule has 0 unspecified atom stereocenters. The molecule has 2 aromatic heterocycles. The number of pyridine rings is 1. The minimum Gasteiger partial charge on any atom is -0.472 e. The summed E-state index contributed by atoms with van der Waals surface area (Å²) in [6.45, 7) is 0. The monoisotopic (exact) mass is 247 g/mol. The second-order valence-corrected chi connectivity index (χ2v) is 3.54. The third-order valence-electron chi connectivity index (χ3n) is 1.89. The summed E-state index contributed by atoms with van der Waals surface area (Å²) in [4.78, 5) is 4.02. The van der Waals surface area contributed by atoms with Gasteiger partial charge in [0.2, 0.25) is 0 Å². The van der Waals surface area contributed by atoms with E-state index in [2.05, 4.69) is 15.5 Å². The van der Waals surface area contributed by atoms with Gasteiger partial charge in [-0.2, -0.15) is 5.10 Å². The summed E-state index contributed by atoms with van der Waals surface area (Å²) in [6.07, 6.45) is 8.55. The standard InChI is InChI=1S/C12H10ClN3O/c13-11-4-1-5-12(15-11)16-14-7-2-3-10-6-8-17-9-10/h1-9H,(H,15,16)/b3-2+,14-7-. The number of anilines is 1. The number of hydrogen-bond acceptors (Lipinski definition) is 4. The molecule has 0 aliphatic carbocycles. The average Bonchev–Trinajstić information content (AvgIpc) is 2.82. The summed E-state index contributed by atoms with van der Waals surface area (Å²) < 4.78 is 4.92. The molecule has 0 aliphatic rings. The van der Waals surface area contributed by atoms with Crippen molar-refractivity contribution in [2.24, 2.45) is 5.10 Å². The highest BCUT2D eigenvalue weighted by Gasteiger charge is 1.91. The van der Waals surface area contributed by atoms with E-state index in [1.54, 1.807) is 43.0 Å². The zero-order valence-corrected chi connectivity index (χ0v) is 9.63. The fourth-order valence-electron chi connectivity index (χ4n) is 1.14. The molecule has 86 valence electrons. The summed E-state index contributed by atoms with van der Waals surface area (Å²) >= 11 is 5.73. The molecule has 0 bridgehead atoms. The van der Waals surface area contributed by atoms with E-state index in [9.17, 15) is 0 Å². The second-order valence-electron chi connectivity index (χ2n) is 3.15. The molecule has 0 aromatic carbocycles. The molecule has 0 atom stereocenters. The maximum Gasteiger partial charge on any atom is 0.147 e. The van der Waals surface area contributed by atoms with Gasteiger partial charge < -0.3 is 4.42 Å². The van der Waals surface area contributed by atoms with Crippen LogP contribution in [0.2, 0.25) is 5.15 Å².